The highest BCUT2D eigenvalue weighted by Crippen LogP contribution is 2.42. The van der Waals surface area contributed by atoms with E-state index in [2.05, 4.69) is 0 Å². The molecule has 4 N–H and O–H groups in total. The first-order valence-electron chi connectivity index (χ1n) is 3.35. The molecule has 0 spiro atoms. The van der Waals surface area contributed by atoms with Crippen LogP contribution >= 0.6 is 23.2 Å². The first-order chi connectivity index (χ1) is 6.25. The average Bonchev–Trinajstić information content (AvgIpc) is 2.06. The lowest BCUT2D eigenvalue weighted by Crippen LogP contribution is -2.09. The van der Waals surface area contributed by atoms with Crippen molar-refractivity contribution in [3.05, 3.63) is 21.7 Å². The van der Waals surface area contributed by atoms with E-state index in [1.54, 1.807) is 0 Å². The molecule has 0 saturated heterocycles. The average molecular weight is 245 g/mol. The molecule has 1 rings (SSSR count). The highest BCUT2D eigenvalue weighted by Gasteiger charge is 2.35. The third-order valence-corrected chi connectivity index (χ3v) is 2.40. The predicted octanol–water partition coefficient (Wildman–Crippen LogP) is 3.18. The van der Waals surface area contributed by atoms with Gasteiger partial charge < -0.3 is 11.5 Å². The zero-order valence-corrected chi connectivity index (χ0v) is 8.13. The molecule has 0 bridgehead atoms. The van der Waals surface area contributed by atoms with E-state index in [0.29, 0.717) is 6.07 Å². The molecule has 0 amide bonds. The first kappa shape index (κ1) is 11.3. The first-order valence-corrected chi connectivity index (χ1v) is 4.11. The fourth-order valence-electron chi connectivity index (χ4n) is 0.885. The molecule has 0 aliphatic heterocycles. The van der Waals surface area contributed by atoms with Crippen LogP contribution in [0.4, 0.5) is 24.5 Å². The third kappa shape index (κ3) is 1.83. The zero-order valence-electron chi connectivity index (χ0n) is 6.62. The van der Waals surface area contributed by atoms with Gasteiger partial charge in [-0.3, -0.25) is 0 Å². The molecule has 0 atom stereocenters. The molecule has 0 fully saturated rings. The predicted molar refractivity (Wildman–Crippen MR) is 50.3 cm³/mol. The van der Waals surface area contributed by atoms with Crippen molar-refractivity contribution in [2.75, 3.05) is 11.5 Å². The highest BCUT2D eigenvalue weighted by molar-refractivity contribution is 6.41. The maximum Gasteiger partial charge on any atom is 0.417 e. The molecule has 1 aromatic rings. The summed E-state index contributed by atoms with van der Waals surface area (Å²) in [5.41, 5.74) is 8.76. The zero-order chi connectivity index (χ0) is 11.1. The fourth-order valence-corrected chi connectivity index (χ4v) is 1.34. The molecule has 0 aliphatic carbocycles. The molecule has 0 heterocycles. The largest absolute Gasteiger partial charge is 0.417 e. The van der Waals surface area contributed by atoms with E-state index in [0.717, 1.165) is 0 Å². The van der Waals surface area contributed by atoms with Crippen LogP contribution in [0.2, 0.25) is 10.0 Å². The Bertz CT molecular complexity index is 376. The number of rotatable bonds is 0. The van der Waals surface area contributed by atoms with Gasteiger partial charge in [0.05, 0.1) is 27.0 Å². The van der Waals surface area contributed by atoms with Crippen molar-refractivity contribution in [3.8, 4) is 0 Å². The van der Waals surface area contributed by atoms with Gasteiger partial charge in [-0.2, -0.15) is 13.2 Å². The summed E-state index contributed by atoms with van der Waals surface area (Å²) in [7, 11) is 0. The van der Waals surface area contributed by atoms with Crippen LogP contribution in [-0.2, 0) is 6.18 Å². The molecule has 0 aliphatic rings. The second-order valence-electron chi connectivity index (χ2n) is 2.55. The molecule has 7 heteroatoms. The molecule has 2 nitrogen and oxygen atoms in total. The van der Waals surface area contributed by atoms with Gasteiger partial charge >= 0.3 is 6.18 Å². The van der Waals surface area contributed by atoms with Crippen LogP contribution in [0.1, 0.15) is 5.56 Å². The summed E-state index contributed by atoms with van der Waals surface area (Å²) in [6.07, 6.45) is -4.59. The van der Waals surface area contributed by atoms with E-state index in [1.165, 1.54) is 0 Å². The minimum atomic E-state index is -4.59. The van der Waals surface area contributed by atoms with Gasteiger partial charge in [0.2, 0.25) is 0 Å². The molecular weight excluding hydrogens is 240 g/mol. The van der Waals surface area contributed by atoms with E-state index < -0.39 is 16.8 Å². The van der Waals surface area contributed by atoms with Gasteiger partial charge in [-0.25, -0.2) is 0 Å². The number of nitrogen functional groups attached to an aromatic ring is 2. The van der Waals surface area contributed by atoms with Crippen LogP contribution in [-0.4, -0.2) is 0 Å². The van der Waals surface area contributed by atoms with Gasteiger partial charge in [0, 0.05) is 0 Å². The standard InChI is InChI=1S/C7H5Cl2F3N2/c8-4-2(7(10,11)12)1-3(13)5(9)6(4)14/h1H,13-14H2. The van der Waals surface area contributed by atoms with Gasteiger partial charge in [0.15, 0.2) is 0 Å². The van der Waals surface area contributed by atoms with Crippen LogP contribution in [0.25, 0.3) is 0 Å². The Morgan fingerprint density at radius 3 is 2.00 bits per heavy atom. The second-order valence-corrected chi connectivity index (χ2v) is 3.31. The Kier molecular flexibility index (Phi) is 2.74. The van der Waals surface area contributed by atoms with Gasteiger partial charge in [-0.1, -0.05) is 23.2 Å². The Morgan fingerprint density at radius 2 is 1.57 bits per heavy atom. The van der Waals surface area contributed by atoms with Crippen LogP contribution in [0.3, 0.4) is 0 Å². The number of hydrogen-bond donors (Lipinski definition) is 2. The van der Waals surface area contributed by atoms with Crippen molar-refractivity contribution in [1.29, 1.82) is 0 Å². The lowest BCUT2D eigenvalue weighted by atomic mass is 10.1. The number of anilines is 2. The van der Waals surface area contributed by atoms with Crippen LogP contribution in [0.15, 0.2) is 6.07 Å². The highest BCUT2D eigenvalue weighted by atomic mass is 35.5. The molecule has 0 unspecified atom stereocenters. The molecule has 78 valence electrons. The Morgan fingerprint density at radius 1 is 1.07 bits per heavy atom. The molecular formula is C7H5Cl2F3N2. The smallest absolute Gasteiger partial charge is 0.397 e. The van der Waals surface area contributed by atoms with Crippen molar-refractivity contribution in [3.63, 3.8) is 0 Å². The number of benzene rings is 1. The maximum atomic E-state index is 12.3. The number of halogens is 5. The molecule has 0 aromatic heterocycles. The molecule has 14 heavy (non-hydrogen) atoms. The minimum absolute atomic E-state index is 0.164. The van der Waals surface area contributed by atoms with E-state index in [1.807, 2.05) is 0 Å². The van der Waals surface area contributed by atoms with Crippen molar-refractivity contribution in [2.24, 2.45) is 0 Å². The summed E-state index contributed by atoms with van der Waals surface area (Å²) >= 11 is 10.9. The number of hydrogen-bond acceptors (Lipinski definition) is 2. The number of nitrogens with two attached hydrogens (primary N) is 2. The second kappa shape index (κ2) is 3.40. The fraction of sp³-hybridized carbons (Fsp3) is 0.143. The Labute approximate surface area is 87.6 Å². The Hall–Kier alpha value is -0.810. The summed E-state index contributed by atoms with van der Waals surface area (Å²) in [5.74, 6) is 0. The van der Waals surface area contributed by atoms with Crippen LogP contribution < -0.4 is 11.5 Å². The van der Waals surface area contributed by atoms with Crippen molar-refractivity contribution >= 4 is 34.6 Å². The minimum Gasteiger partial charge on any atom is -0.397 e. The van der Waals surface area contributed by atoms with E-state index in [9.17, 15) is 13.2 Å². The van der Waals surface area contributed by atoms with Crippen LogP contribution in [0.5, 0.6) is 0 Å². The summed E-state index contributed by atoms with van der Waals surface area (Å²) in [6.45, 7) is 0. The lowest BCUT2D eigenvalue weighted by Gasteiger charge is -2.13. The van der Waals surface area contributed by atoms with Crippen LogP contribution in [0, 0.1) is 0 Å². The Balaban J connectivity index is 3.49. The summed E-state index contributed by atoms with van der Waals surface area (Å²) in [6, 6.07) is 0.654. The summed E-state index contributed by atoms with van der Waals surface area (Å²) < 4.78 is 36.9. The van der Waals surface area contributed by atoms with Gasteiger partial charge in [0.1, 0.15) is 0 Å². The van der Waals surface area contributed by atoms with Crippen molar-refractivity contribution < 1.29 is 13.2 Å². The van der Waals surface area contributed by atoms with Gasteiger partial charge in [-0.15, -0.1) is 0 Å². The SMILES string of the molecule is Nc1cc(C(F)(F)F)c(Cl)c(N)c1Cl. The number of alkyl halides is 3. The third-order valence-electron chi connectivity index (χ3n) is 1.57. The van der Waals surface area contributed by atoms with Gasteiger partial charge in [-0.05, 0) is 6.07 Å². The van der Waals surface area contributed by atoms with E-state index >= 15 is 0 Å². The molecule has 0 radical (unpaired) electrons. The monoisotopic (exact) mass is 244 g/mol. The lowest BCUT2D eigenvalue weighted by molar-refractivity contribution is -0.137. The topological polar surface area (TPSA) is 52.0 Å². The maximum absolute atomic E-state index is 12.3. The summed E-state index contributed by atoms with van der Waals surface area (Å²) in [5, 5.41) is -0.792. The van der Waals surface area contributed by atoms with Crippen molar-refractivity contribution in [2.45, 2.75) is 6.18 Å². The summed E-state index contributed by atoms with van der Waals surface area (Å²) in [4.78, 5) is 0. The molecule has 1 aromatic carbocycles. The van der Waals surface area contributed by atoms with E-state index in [-0.39, 0.29) is 16.4 Å². The normalized spacial score (nSPS) is 11.8. The van der Waals surface area contributed by atoms with Gasteiger partial charge in [0.25, 0.3) is 0 Å². The van der Waals surface area contributed by atoms with E-state index in [4.69, 9.17) is 34.7 Å². The quantitative estimate of drug-likeness (QED) is 0.689. The van der Waals surface area contributed by atoms with Crippen molar-refractivity contribution in [1.82, 2.24) is 0 Å². The molecule has 0 saturated carbocycles.